The summed E-state index contributed by atoms with van der Waals surface area (Å²) in [5.41, 5.74) is 5.76. The molecule has 3 fully saturated rings. The Labute approximate surface area is 309 Å². The van der Waals surface area contributed by atoms with Gasteiger partial charge in [-0.25, -0.2) is 9.78 Å². The smallest absolute Gasteiger partial charge is 0.254 e. The monoisotopic (exact) mass is 737 g/mol. The van der Waals surface area contributed by atoms with Crippen LogP contribution in [0.4, 0.5) is 0 Å². The molecule has 1 aromatic heterocycles. The number of hydrogen-bond donors (Lipinski definition) is 6. The van der Waals surface area contributed by atoms with Gasteiger partial charge in [-0.2, -0.15) is 0 Å². The highest BCUT2D eigenvalue weighted by molar-refractivity contribution is 7.99. The van der Waals surface area contributed by atoms with Crippen LogP contribution in [-0.4, -0.2) is 110 Å². The van der Waals surface area contributed by atoms with Crippen LogP contribution in [0, 0.1) is 6.92 Å². The highest BCUT2D eigenvalue weighted by atomic mass is 32.2. The predicted molar refractivity (Wildman–Crippen MR) is 195 cm³/mol. The molecule has 5 atom stereocenters. The number of aryl methyl sites for hydroxylation is 1. The Kier molecular flexibility index (Phi) is 13.2. The number of aromatic nitrogens is 1. The van der Waals surface area contributed by atoms with E-state index in [1.165, 1.54) is 21.6 Å². The zero-order chi connectivity index (χ0) is 36.7. The number of carbonyl (C=O) groups excluding carboxylic acids is 1. The number of amides is 1. The van der Waals surface area contributed by atoms with Crippen molar-refractivity contribution in [3.63, 3.8) is 0 Å². The lowest BCUT2D eigenvalue weighted by atomic mass is 9.94. The number of aliphatic hydroxyl groups is 5. The molecular formula is C39H51N3O9S. The van der Waals surface area contributed by atoms with E-state index in [2.05, 4.69) is 59.7 Å². The Morgan fingerprint density at radius 2 is 1.85 bits per heavy atom. The number of benzene rings is 2. The first-order chi connectivity index (χ1) is 25.2. The minimum Gasteiger partial charge on any atom is -0.490 e. The van der Waals surface area contributed by atoms with Crippen molar-refractivity contribution >= 4 is 17.7 Å². The zero-order valence-electron chi connectivity index (χ0n) is 29.6. The second-order valence-electron chi connectivity index (χ2n) is 14.1. The summed E-state index contributed by atoms with van der Waals surface area (Å²) in [5, 5.41) is 53.7. The maximum absolute atomic E-state index is 13.3. The molecule has 12 nitrogen and oxygen atoms in total. The molecule has 0 spiro atoms. The zero-order valence-corrected chi connectivity index (χ0v) is 30.4. The van der Waals surface area contributed by atoms with Crippen LogP contribution >= 0.6 is 11.8 Å². The fourth-order valence-electron chi connectivity index (χ4n) is 6.61. The highest BCUT2D eigenvalue weighted by Gasteiger charge is 2.46. The number of carbonyl (C=O) groups is 1. The molecule has 13 heteroatoms. The van der Waals surface area contributed by atoms with E-state index in [-0.39, 0.29) is 24.8 Å². The molecule has 6 N–H and O–H groups in total. The van der Waals surface area contributed by atoms with Crippen LogP contribution < -0.4 is 10.1 Å². The molecule has 2 aliphatic carbocycles. The third kappa shape index (κ3) is 9.51. The van der Waals surface area contributed by atoms with Crippen molar-refractivity contribution in [1.82, 2.24) is 15.2 Å². The van der Waals surface area contributed by atoms with Crippen LogP contribution in [0.1, 0.15) is 61.6 Å². The number of para-hydroxylation sites is 1. The molecule has 6 rings (SSSR count). The number of aliphatic hydroxyl groups excluding tert-OH is 5. The molecular weight excluding hydrogens is 687 g/mol. The number of nitrogens with zero attached hydrogens (tertiary/aromatic N) is 2. The molecule has 0 radical (unpaired) electrons. The average molecular weight is 738 g/mol. The van der Waals surface area contributed by atoms with Crippen molar-refractivity contribution in [3.05, 3.63) is 77.6 Å². The standard InChI is InChI=1S/C39H51N3O9S/c1-25-8-11-29(52-19-5-4-17-42(27-13-18-49-50-24-27)38(48)37(47)36(46)35(45)33(44)23-43)20-26(25)21-41-39(14-15-39)32-22-40-16-12-30(32)31-6-2-3-7-34(31)51-28-9-10-28/h2-3,6-8,11-12,16,20,22,27-28,33,35-37,41,43-47H,4-5,9-10,13-15,17-19,21,23-24H2,1H3/t27?,33-,35+,36-,37-/m0/s1. The number of ether oxygens (including phenoxy) is 1. The minimum atomic E-state index is -1.98. The fraction of sp³-hybridized carbons (Fsp3) is 0.538. The van der Waals surface area contributed by atoms with Crippen molar-refractivity contribution in [2.24, 2.45) is 0 Å². The van der Waals surface area contributed by atoms with E-state index in [0.717, 1.165) is 66.2 Å². The average Bonchev–Trinajstić information content (AvgIpc) is 4.13. The van der Waals surface area contributed by atoms with Crippen molar-refractivity contribution < 1.29 is 44.8 Å². The highest BCUT2D eigenvalue weighted by Crippen LogP contribution is 2.50. The quantitative estimate of drug-likeness (QED) is 0.0604. The Balaban J connectivity index is 1.04. The summed E-state index contributed by atoms with van der Waals surface area (Å²) in [6, 6.07) is 16.5. The number of pyridine rings is 1. The number of thioether (sulfide) groups is 1. The van der Waals surface area contributed by atoms with Crippen LogP contribution in [0.2, 0.25) is 0 Å². The van der Waals surface area contributed by atoms with Crippen LogP contribution in [0.25, 0.3) is 11.1 Å². The molecule has 1 aliphatic heterocycles. The van der Waals surface area contributed by atoms with Crippen molar-refractivity contribution in [2.45, 2.75) is 105 Å². The summed E-state index contributed by atoms with van der Waals surface area (Å²) in [6.45, 7) is 2.70. The van der Waals surface area contributed by atoms with Crippen LogP contribution in [-0.2, 0) is 26.7 Å². The maximum Gasteiger partial charge on any atom is 0.254 e. The van der Waals surface area contributed by atoms with Gasteiger partial charge in [-0.15, -0.1) is 11.8 Å². The topological polar surface area (TPSA) is 174 Å². The van der Waals surface area contributed by atoms with Crippen LogP contribution in [0.5, 0.6) is 5.75 Å². The molecule has 2 saturated carbocycles. The van der Waals surface area contributed by atoms with Gasteiger partial charge in [0, 0.05) is 41.5 Å². The Morgan fingerprint density at radius 3 is 2.58 bits per heavy atom. The van der Waals surface area contributed by atoms with Gasteiger partial charge in [0.2, 0.25) is 0 Å². The van der Waals surface area contributed by atoms with Gasteiger partial charge in [0.15, 0.2) is 6.10 Å². The maximum atomic E-state index is 13.3. The third-order valence-corrected chi connectivity index (χ3v) is 11.3. The molecule has 3 aromatic rings. The summed E-state index contributed by atoms with van der Waals surface area (Å²) in [7, 11) is 0. The second kappa shape index (κ2) is 17.8. The van der Waals surface area contributed by atoms with Crippen LogP contribution in [0.15, 0.2) is 65.8 Å². The lowest BCUT2D eigenvalue weighted by molar-refractivity contribution is -0.323. The molecule has 2 aromatic carbocycles. The molecule has 0 bridgehead atoms. The minimum absolute atomic E-state index is 0.108. The molecule has 1 unspecified atom stereocenters. The first kappa shape index (κ1) is 38.6. The van der Waals surface area contributed by atoms with Gasteiger partial charge in [0.25, 0.3) is 5.91 Å². The Morgan fingerprint density at radius 1 is 1.04 bits per heavy atom. The number of unbranched alkanes of at least 4 members (excludes halogenated alkanes) is 1. The van der Waals surface area contributed by atoms with Crippen LogP contribution in [0.3, 0.4) is 0 Å². The summed E-state index contributed by atoms with van der Waals surface area (Å²) in [5.74, 6) is 0.954. The predicted octanol–water partition coefficient (Wildman–Crippen LogP) is 3.23. The van der Waals surface area contributed by atoms with Gasteiger partial charge in [-0.05, 0) is 104 Å². The van der Waals surface area contributed by atoms with Gasteiger partial charge >= 0.3 is 0 Å². The lowest BCUT2D eigenvalue weighted by Gasteiger charge is -2.36. The van der Waals surface area contributed by atoms with Gasteiger partial charge < -0.3 is 40.5 Å². The van der Waals surface area contributed by atoms with E-state index < -0.39 is 36.9 Å². The first-order valence-corrected chi connectivity index (χ1v) is 19.3. The summed E-state index contributed by atoms with van der Waals surface area (Å²) in [4.78, 5) is 30.5. The SMILES string of the molecule is Cc1ccc(SCCCCN(C(=O)[C@@H](O)[C@@H](O)[C@H](O)[C@@H](O)CO)C2CCOOC2)cc1CNC1(c2cnccc2-c2ccccc2OC2CC2)CC1. The van der Waals surface area contributed by atoms with E-state index in [9.17, 15) is 25.2 Å². The van der Waals surface area contributed by atoms with Gasteiger partial charge in [-0.3, -0.25) is 9.78 Å². The summed E-state index contributed by atoms with van der Waals surface area (Å²) < 4.78 is 6.28. The van der Waals surface area contributed by atoms with E-state index >= 15 is 0 Å². The van der Waals surface area contributed by atoms with E-state index in [1.54, 1.807) is 11.8 Å². The number of nitrogens with one attached hydrogen (secondary N) is 1. The van der Waals surface area contributed by atoms with Crippen molar-refractivity contribution in [3.8, 4) is 16.9 Å². The van der Waals surface area contributed by atoms with Gasteiger partial charge in [-0.1, -0.05) is 24.3 Å². The Hall–Kier alpha value is -3.11. The summed E-state index contributed by atoms with van der Waals surface area (Å²) in [6.07, 6.45) is 2.80. The third-order valence-electron chi connectivity index (χ3n) is 10.2. The largest absolute Gasteiger partial charge is 0.490 e. The van der Waals surface area contributed by atoms with Crippen molar-refractivity contribution in [2.75, 3.05) is 32.1 Å². The molecule has 1 saturated heterocycles. The molecule has 1 amide bonds. The molecule has 282 valence electrons. The summed E-state index contributed by atoms with van der Waals surface area (Å²) >= 11 is 1.74. The van der Waals surface area contributed by atoms with E-state index in [4.69, 9.17) is 19.6 Å². The Bertz CT molecular complexity index is 1630. The van der Waals surface area contributed by atoms with E-state index in [1.807, 2.05) is 18.5 Å². The van der Waals surface area contributed by atoms with Crippen molar-refractivity contribution in [1.29, 1.82) is 0 Å². The molecule has 2 heterocycles. The van der Waals surface area contributed by atoms with Gasteiger partial charge in [0.1, 0.15) is 30.7 Å². The van der Waals surface area contributed by atoms with Gasteiger partial charge in [0.05, 0.1) is 25.4 Å². The fourth-order valence-corrected chi connectivity index (χ4v) is 7.59. The van der Waals surface area contributed by atoms with E-state index in [0.29, 0.717) is 25.5 Å². The molecule has 3 aliphatic rings. The first-order valence-electron chi connectivity index (χ1n) is 18.3. The lowest BCUT2D eigenvalue weighted by Crippen LogP contribution is -2.56. The number of hydrogen-bond acceptors (Lipinski definition) is 12. The second-order valence-corrected chi connectivity index (χ2v) is 15.2. The normalized spacial score (nSPS) is 20.5. The number of rotatable bonds is 19. The molecule has 52 heavy (non-hydrogen) atoms.